The van der Waals surface area contributed by atoms with E-state index in [-0.39, 0.29) is 5.69 Å². The first-order valence-electron chi connectivity index (χ1n) is 7.29. The number of nitrogens with one attached hydrogen (secondary N) is 1. The van der Waals surface area contributed by atoms with Crippen molar-refractivity contribution in [3.63, 3.8) is 0 Å². The van der Waals surface area contributed by atoms with Gasteiger partial charge in [-0.3, -0.25) is 14.5 Å². The summed E-state index contributed by atoms with van der Waals surface area (Å²) in [5.41, 5.74) is 1.75. The van der Waals surface area contributed by atoms with Crippen molar-refractivity contribution in [3.05, 3.63) is 41.7 Å². The third-order valence-corrected chi connectivity index (χ3v) is 5.16. The first kappa shape index (κ1) is 18.1. The quantitative estimate of drug-likeness (QED) is 0.721. The van der Waals surface area contributed by atoms with Crippen LogP contribution in [0.2, 0.25) is 0 Å². The topological polar surface area (TPSA) is 107 Å². The number of hydrogen-bond acceptors (Lipinski definition) is 7. The number of nitrogens with zero attached hydrogens (tertiary/aromatic N) is 4. The summed E-state index contributed by atoms with van der Waals surface area (Å²) in [6.07, 6.45) is 3.51. The highest BCUT2D eigenvalue weighted by Gasteiger charge is 2.20. The van der Waals surface area contributed by atoms with E-state index in [4.69, 9.17) is 0 Å². The van der Waals surface area contributed by atoms with Gasteiger partial charge in [-0.2, -0.15) is 5.10 Å². The van der Waals surface area contributed by atoms with Crippen LogP contribution in [-0.2, 0) is 17.1 Å². The molecule has 8 nitrogen and oxygen atoms in total. The Hall–Kier alpha value is -2.66. The van der Waals surface area contributed by atoms with Gasteiger partial charge < -0.3 is 0 Å². The lowest BCUT2D eigenvalue weighted by atomic mass is 10.2. The van der Waals surface area contributed by atoms with Gasteiger partial charge >= 0.3 is 0 Å². The van der Waals surface area contributed by atoms with Crippen LogP contribution in [0.3, 0.4) is 0 Å². The number of hydrogen-bond donors (Lipinski definition) is 1. The van der Waals surface area contributed by atoms with Crippen molar-refractivity contribution in [2.45, 2.75) is 6.92 Å². The van der Waals surface area contributed by atoms with E-state index >= 15 is 0 Å². The second-order valence-electron chi connectivity index (χ2n) is 5.57. The van der Waals surface area contributed by atoms with Crippen LogP contribution in [0.5, 0.6) is 0 Å². The zero-order valence-corrected chi connectivity index (χ0v) is 15.7. The van der Waals surface area contributed by atoms with Crippen molar-refractivity contribution in [2.24, 2.45) is 7.05 Å². The molecule has 0 saturated carbocycles. The van der Waals surface area contributed by atoms with Crippen LogP contribution < -0.4 is 4.72 Å². The minimum atomic E-state index is -3.68. The molecule has 0 aliphatic heterocycles. The SMILES string of the molecule is Cc1nc(-c2cncc(F)c2)sc1-c1cc(C(=O)NS(C)(=O)=O)n(C)n1. The first-order chi connectivity index (χ1) is 12.1. The summed E-state index contributed by atoms with van der Waals surface area (Å²) in [7, 11) is -2.14. The molecule has 0 aliphatic carbocycles. The smallest absolute Gasteiger partial charge is 0.266 e. The summed E-state index contributed by atoms with van der Waals surface area (Å²) in [5, 5.41) is 4.83. The summed E-state index contributed by atoms with van der Waals surface area (Å²) < 4.78 is 39.0. The zero-order chi connectivity index (χ0) is 19.1. The molecule has 0 atom stereocenters. The van der Waals surface area contributed by atoms with Crippen LogP contribution >= 0.6 is 11.3 Å². The molecule has 11 heteroatoms. The standard InChI is InChI=1S/C15H14FN5O3S2/c1-8-13(25-15(18-8)9-4-10(16)7-17-6-9)11-5-12(21(2)19-11)14(22)20-26(3,23)24/h4-7H,1-3H3,(H,20,22). The first-order valence-corrected chi connectivity index (χ1v) is 10.00. The lowest BCUT2D eigenvalue weighted by Crippen LogP contribution is -2.30. The highest BCUT2D eigenvalue weighted by Crippen LogP contribution is 2.34. The van der Waals surface area contributed by atoms with Gasteiger partial charge in [0, 0.05) is 18.8 Å². The fourth-order valence-corrected chi connectivity index (χ4v) is 3.74. The second-order valence-corrected chi connectivity index (χ2v) is 8.31. The fraction of sp³-hybridized carbons (Fsp3) is 0.200. The summed E-state index contributed by atoms with van der Waals surface area (Å²) in [5.74, 6) is -1.24. The van der Waals surface area contributed by atoms with E-state index in [2.05, 4.69) is 15.1 Å². The summed E-state index contributed by atoms with van der Waals surface area (Å²) in [6, 6.07) is 2.81. The second kappa shape index (κ2) is 6.57. The van der Waals surface area contributed by atoms with Gasteiger partial charge in [0.1, 0.15) is 22.2 Å². The Morgan fingerprint density at radius 3 is 2.69 bits per heavy atom. The Morgan fingerprint density at radius 2 is 2.04 bits per heavy atom. The van der Waals surface area contributed by atoms with Crippen molar-refractivity contribution in [1.29, 1.82) is 0 Å². The maximum absolute atomic E-state index is 13.4. The van der Waals surface area contributed by atoms with E-state index in [9.17, 15) is 17.6 Å². The Morgan fingerprint density at radius 1 is 1.31 bits per heavy atom. The molecule has 0 aromatic carbocycles. The van der Waals surface area contributed by atoms with E-state index in [0.29, 0.717) is 26.8 Å². The molecule has 0 bridgehead atoms. The molecule has 0 spiro atoms. The minimum absolute atomic E-state index is 0.0900. The van der Waals surface area contributed by atoms with E-state index in [0.717, 1.165) is 12.5 Å². The van der Waals surface area contributed by atoms with Gasteiger partial charge in [0.2, 0.25) is 10.0 Å². The molecule has 3 aromatic heterocycles. The molecule has 136 valence electrons. The molecule has 3 aromatic rings. The van der Waals surface area contributed by atoms with Gasteiger partial charge in [-0.1, -0.05) is 0 Å². The van der Waals surface area contributed by atoms with Gasteiger partial charge in [0.15, 0.2) is 0 Å². The lowest BCUT2D eigenvalue weighted by Gasteiger charge is -2.01. The molecule has 3 rings (SSSR count). The molecule has 3 heterocycles. The molecule has 1 amide bonds. The molecule has 26 heavy (non-hydrogen) atoms. The summed E-state index contributed by atoms with van der Waals surface area (Å²) in [4.78, 5) is 21.0. The normalized spacial score (nSPS) is 11.5. The fourth-order valence-electron chi connectivity index (χ4n) is 2.30. The van der Waals surface area contributed by atoms with Gasteiger partial charge in [-0.25, -0.2) is 22.5 Å². The average molecular weight is 395 g/mol. The highest BCUT2D eigenvalue weighted by molar-refractivity contribution is 7.89. The lowest BCUT2D eigenvalue weighted by molar-refractivity contribution is 0.0972. The third kappa shape index (κ3) is 3.78. The number of pyridine rings is 1. The Labute approximate surface area is 152 Å². The van der Waals surface area contributed by atoms with Crippen LogP contribution in [0.15, 0.2) is 24.5 Å². The van der Waals surface area contributed by atoms with E-state index in [1.807, 2.05) is 4.72 Å². The van der Waals surface area contributed by atoms with Crippen LogP contribution in [0.1, 0.15) is 16.2 Å². The Bertz CT molecular complexity index is 1100. The van der Waals surface area contributed by atoms with Gasteiger partial charge in [0.05, 0.1) is 23.0 Å². The summed E-state index contributed by atoms with van der Waals surface area (Å²) in [6.45, 7) is 1.77. The van der Waals surface area contributed by atoms with Crippen LogP contribution in [0.25, 0.3) is 21.1 Å². The third-order valence-electron chi connectivity index (χ3n) is 3.37. The number of rotatable bonds is 4. The Kier molecular flexibility index (Phi) is 4.59. The molecule has 0 radical (unpaired) electrons. The van der Waals surface area contributed by atoms with Crippen molar-refractivity contribution < 1.29 is 17.6 Å². The molecule has 0 aliphatic rings. The van der Waals surface area contributed by atoms with E-state index < -0.39 is 21.7 Å². The van der Waals surface area contributed by atoms with Crippen LogP contribution in [0.4, 0.5) is 4.39 Å². The number of halogens is 1. The minimum Gasteiger partial charge on any atom is -0.266 e. The summed E-state index contributed by atoms with van der Waals surface area (Å²) >= 11 is 1.28. The zero-order valence-electron chi connectivity index (χ0n) is 14.0. The van der Waals surface area contributed by atoms with Gasteiger partial charge in [-0.05, 0) is 19.1 Å². The van der Waals surface area contributed by atoms with Gasteiger partial charge in [-0.15, -0.1) is 11.3 Å². The molecular formula is C15H14FN5O3S2. The maximum atomic E-state index is 13.4. The highest BCUT2D eigenvalue weighted by atomic mass is 32.2. The van der Waals surface area contributed by atoms with Crippen molar-refractivity contribution in [2.75, 3.05) is 6.26 Å². The monoisotopic (exact) mass is 395 g/mol. The number of aromatic nitrogens is 4. The predicted octanol–water partition coefficient (Wildman–Crippen LogP) is 1.74. The Balaban J connectivity index is 1.98. The molecular weight excluding hydrogens is 381 g/mol. The van der Waals surface area contributed by atoms with E-state index in [1.165, 1.54) is 41.4 Å². The average Bonchev–Trinajstić information content (AvgIpc) is 3.08. The van der Waals surface area contributed by atoms with Crippen molar-refractivity contribution >= 4 is 27.3 Å². The molecule has 1 N–H and O–H groups in total. The van der Waals surface area contributed by atoms with E-state index in [1.54, 1.807) is 6.92 Å². The molecule has 0 unspecified atom stereocenters. The van der Waals surface area contributed by atoms with Crippen LogP contribution in [-0.4, -0.2) is 40.3 Å². The largest absolute Gasteiger partial charge is 0.282 e. The number of aryl methyl sites for hydroxylation is 2. The molecule has 0 fully saturated rings. The predicted molar refractivity (Wildman–Crippen MR) is 94.6 cm³/mol. The number of carbonyl (C=O) groups excluding carboxylic acids is 1. The number of carbonyl (C=O) groups is 1. The number of sulfonamides is 1. The number of amides is 1. The molecule has 0 saturated heterocycles. The maximum Gasteiger partial charge on any atom is 0.282 e. The van der Waals surface area contributed by atoms with Crippen molar-refractivity contribution in [3.8, 4) is 21.1 Å². The van der Waals surface area contributed by atoms with Crippen molar-refractivity contribution in [1.82, 2.24) is 24.5 Å². The number of thiazole rings is 1. The van der Waals surface area contributed by atoms with Crippen LogP contribution in [0, 0.1) is 12.7 Å². The van der Waals surface area contributed by atoms with Gasteiger partial charge in [0.25, 0.3) is 5.91 Å².